The van der Waals surface area contributed by atoms with Gasteiger partial charge in [-0.2, -0.15) is 0 Å². The Morgan fingerprint density at radius 3 is 2.73 bits per heavy atom. The van der Waals surface area contributed by atoms with Crippen LogP contribution in [-0.4, -0.2) is 37.0 Å². The van der Waals surface area contributed by atoms with Crippen LogP contribution in [0.25, 0.3) is 0 Å². The molecule has 0 saturated carbocycles. The van der Waals surface area contributed by atoms with E-state index in [4.69, 9.17) is 4.74 Å². The van der Waals surface area contributed by atoms with Gasteiger partial charge in [-0.25, -0.2) is 0 Å². The Labute approximate surface area is 93.6 Å². The third-order valence-electron chi connectivity index (χ3n) is 3.17. The fourth-order valence-corrected chi connectivity index (χ4v) is 2.25. The highest BCUT2D eigenvalue weighted by Gasteiger charge is 2.27. The van der Waals surface area contributed by atoms with Crippen molar-refractivity contribution in [3.8, 4) is 0 Å². The van der Waals surface area contributed by atoms with Crippen LogP contribution in [0.5, 0.6) is 0 Å². The van der Waals surface area contributed by atoms with Gasteiger partial charge in [0, 0.05) is 0 Å². The van der Waals surface area contributed by atoms with Crippen molar-refractivity contribution in [3.63, 3.8) is 0 Å². The molecule has 0 radical (unpaired) electrons. The van der Waals surface area contributed by atoms with Crippen LogP contribution in [0.4, 0.5) is 0 Å². The third-order valence-corrected chi connectivity index (χ3v) is 3.17. The molecule has 15 heavy (non-hydrogen) atoms. The molecule has 90 valence electrons. The Kier molecular flexibility index (Phi) is 5.58. The Morgan fingerprint density at radius 2 is 2.07 bits per heavy atom. The van der Waals surface area contributed by atoms with Crippen molar-refractivity contribution in [3.05, 3.63) is 5.21 Å². The van der Waals surface area contributed by atoms with Gasteiger partial charge < -0.3 is 14.6 Å². The second-order valence-corrected chi connectivity index (χ2v) is 4.68. The highest BCUT2D eigenvalue weighted by atomic mass is 16.6. The van der Waals surface area contributed by atoms with E-state index in [1.54, 1.807) is 0 Å². The summed E-state index contributed by atoms with van der Waals surface area (Å²) >= 11 is 0. The van der Waals surface area contributed by atoms with E-state index >= 15 is 0 Å². The average molecular weight is 215 g/mol. The molecule has 3 heteroatoms. The number of hydrogen-bond acceptors (Lipinski definition) is 2. The number of hydrogen-bond donors (Lipinski definition) is 0. The number of ether oxygens (including phenoxy) is 1. The van der Waals surface area contributed by atoms with Gasteiger partial charge in [0.2, 0.25) is 0 Å². The van der Waals surface area contributed by atoms with Gasteiger partial charge in [0.15, 0.2) is 0 Å². The lowest BCUT2D eigenvalue weighted by molar-refractivity contribution is -0.892. The quantitative estimate of drug-likeness (QED) is 0.387. The van der Waals surface area contributed by atoms with Gasteiger partial charge in [0.05, 0.1) is 13.2 Å². The van der Waals surface area contributed by atoms with Crippen LogP contribution in [-0.2, 0) is 4.74 Å². The van der Waals surface area contributed by atoms with Crippen molar-refractivity contribution in [2.75, 3.05) is 26.2 Å². The number of rotatable bonds is 6. The van der Waals surface area contributed by atoms with Crippen molar-refractivity contribution < 1.29 is 9.38 Å². The summed E-state index contributed by atoms with van der Waals surface area (Å²) in [5.41, 5.74) is 0. The minimum atomic E-state index is -0.00926. The first-order valence-corrected chi connectivity index (χ1v) is 6.39. The summed E-state index contributed by atoms with van der Waals surface area (Å²) in [4.78, 5) is 0. The predicted molar refractivity (Wildman–Crippen MR) is 62.4 cm³/mol. The van der Waals surface area contributed by atoms with E-state index in [2.05, 4.69) is 13.8 Å². The minimum Gasteiger partial charge on any atom is -0.633 e. The summed E-state index contributed by atoms with van der Waals surface area (Å²) in [6, 6.07) is 0. The Balaban J connectivity index is 2.31. The molecule has 2 unspecified atom stereocenters. The first-order valence-electron chi connectivity index (χ1n) is 6.39. The van der Waals surface area contributed by atoms with Gasteiger partial charge in [-0.1, -0.05) is 26.7 Å². The molecule has 1 fully saturated rings. The van der Waals surface area contributed by atoms with Crippen molar-refractivity contribution in [2.24, 2.45) is 0 Å². The van der Waals surface area contributed by atoms with Crippen molar-refractivity contribution in [1.29, 1.82) is 0 Å². The number of unbranched alkanes of at least 4 members (excludes halogenated alkanes) is 2. The van der Waals surface area contributed by atoms with Gasteiger partial charge in [-0.15, -0.1) is 0 Å². The average Bonchev–Trinajstić information content (AvgIpc) is 2.18. The van der Waals surface area contributed by atoms with E-state index in [1.165, 1.54) is 12.8 Å². The van der Waals surface area contributed by atoms with Crippen LogP contribution in [0.2, 0.25) is 0 Å². The maximum Gasteiger partial charge on any atom is 0.107 e. The van der Waals surface area contributed by atoms with Crippen molar-refractivity contribution in [1.82, 2.24) is 0 Å². The summed E-state index contributed by atoms with van der Waals surface area (Å²) in [5.74, 6) is 0. The molecule has 0 aromatic carbocycles. The lowest BCUT2D eigenvalue weighted by atomic mass is 10.1. The molecule has 3 nitrogen and oxygen atoms in total. The molecule has 1 rings (SSSR count). The molecule has 0 amide bonds. The van der Waals surface area contributed by atoms with Crippen LogP contribution < -0.4 is 0 Å². The van der Waals surface area contributed by atoms with E-state index < -0.39 is 0 Å². The molecule has 1 heterocycles. The fourth-order valence-electron chi connectivity index (χ4n) is 2.25. The fraction of sp³-hybridized carbons (Fsp3) is 1.00. The van der Waals surface area contributed by atoms with Gasteiger partial charge in [0.25, 0.3) is 0 Å². The first kappa shape index (κ1) is 12.9. The van der Waals surface area contributed by atoms with E-state index in [-0.39, 0.29) is 10.8 Å². The zero-order valence-electron chi connectivity index (χ0n) is 10.2. The zero-order valence-corrected chi connectivity index (χ0v) is 10.2. The van der Waals surface area contributed by atoms with Crippen LogP contribution in [0.15, 0.2) is 0 Å². The van der Waals surface area contributed by atoms with Gasteiger partial charge in [-0.3, -0.25) is 0 Å². The second-order valence-electron chi connectivity index (χ2n) is 4.68. The standard InChI is InChI=1S/C12H25NO2/c1-3-5-6-8-13(14)9-10-15-12(11-13)7-4-2/h12H,3-11H2,1-2H3. The number of nitrogens with zero attached hydrogens (tertiary/aromatic N) is 1. The highest BCUT2D eigenvalue weighted by molar-refractivity contribution is 4.63. The molecule has 0 bridgehead atoms. The highest BCUT2D eigenvalue weighted by Crippen LogP contribution is 2.18. The van der Waals surface area contributed by atoms with Crippen LogP contribution >= 0.6 is 0 Å². The lowest BCUT2D eigenvalue weighted by Crippen LogP contribution is -2.54. The lowest BCUT2D eigenvalue weighted by Gasteiger charge is -2.48. The molecular formula is C12H25NO2. The summed E-state index contributed by atoms with van der Waals surface area (Å²) in [6.45, 7) is 7.10. The smallest absolute Gasteiger partial charge is 0.107 e. The minimum absolute atomic E-state index is 0.00926. The first-order chi connectivity index (χ1) is 7.20. The summed E-state index contributed by atoms with van der Waals surface area (Å²) in [7, 11) is 0. The Morgan fingerprint density at radius 1 is 1.27 bits per heavy atom. The van der Waals surface area contributed by atoms with E-state index in [1.807, 2.05) is 0 Å². The second kappa shape index (κ2) is 6.46. The molecule has 1 aliphatic heterocycles. The van der Waals surface area contributed by atoms with E-state index in [9.17, 15) is 5.21 Å². The monoisotopic (exact) mass is 215 g/mol. The summed E-state index contributed by atoms with van der Waals surface area (Å²) in [5, 5.41) is 12.3. The maximum atomic E-state index is 12.3. The van der Waals surface area contributed by atoms with Gasteiger partial charge in [-0.05, 0) is 19.3 Å². The zero-order chi connectivity index (χ0) is 11.1. The summed E-state index contributed by atoms with van der Waals surface area (Å²) < 4.78 is 5.60. The maximum absolute atomic E-state index is 12.3. The summed E-state index contributed by atoms with van der Waals surface area (Å²) in [6.07, 6.45) is 5.80. The van der Waals surface area contributed by atoms with Gasteiger partial charge >= 0.3 is 0 Å². The van der Waals surface area contributed by atoms with Crippen LogP contribution in [0.1, 0.15) is 46.0 Å². The molecule has 0 aromatic rings. The topological polar surface area (TPSA) is 32.3 Å². The third kappa shape index (κ3) is 4.49. The molecule has 0 N–H and O–H groups in total. The largest absolute Gasteiger partial charge is 0.633 e. The molecule has 0 aromatic heterocycles. The number of morpholine rings is 1. The van der Waals surface area contributed by atoms with E-state index in [0.29, 0.717) is 19.7 Å². The molecule has 2 atom stereocenters. The SMILES string of the molecule is CCCCC[N+]1([O-])CCOC(CCC)C1. The normalized spacial score (nSPS) is 31.8. The van der Waals surface area contributed by atoms with Crippen LogP contribution in [0, 0.1) is 5.21 Å². The van der Waals surface area contributed by atoms with Crippen LogP contribution in [0.3, 0.4) is 0 Å². The van der Waals surface area contributed by atoms with Gasteiger partial charge in [0.1, 0.15) is 19.2 Å². The Hall–Kier alpha value is -0.120. The number of hydroxylamine groups is 3. The molecule has 0 aliphatic carbocycles. The molecule has 1 saturated heterocycles. The Bertz CT molecular complexity index is 173. The van der Waals surface area contributed by atoms with Crippen molar-refractivity contribution >= 4 is 0 Å². The molecular weight excluding hydrogens is 190 g/mol. The van der Waals surface area contributed by atoms with Crippen molar-refractivity contribution in [2.45, 2.75) is 52.1 Å². The van der Waals surface area contributed by atoms with E-state index in [0.717, 1.165) is 25.8 Å². The predicted octanol–water partition coefficient (Wildman–Crippen LogP) is 2.69. The molecule has 1 aliphatic rings. The number of quaternary nitrogens is 1. The molecule has 0 spiro atoms.